The van der Waals surface area contributed by atoms with Crippen LogP contribution in [0.4, 0.5) is 0 Å². The molecule has 0 aromatic carbocycles. The molecule has 0 heterocycles. The van der Waals surface area contributed by atoms with Gasteiger partial charge in [0, 0.05) is 0 Å². The summed E-state index contributed by atoms with van der Waals surface area (Å²) in [5, 5.41) is 0. The van der Waals surface area contributed by atoms with E-state index in [1.165, 1.54) is 9.95 Å². The van der Waals surface area contributed by atoms with Gasteiger partial charge in [-0.15, -0.1) is 0 Å². The van der Waals surface area contributed by atoms with Crippen molar-refractivity contribution in [1.82, 2.24) is 0 Å². The van der Waals surface area contributed by atoms with Gasteiger partial charge in [0.15, 0.2) is 0 Å². The molecule has 0 amide bonds. The van der Waals surface area contributed by atoms with Gasteiger partial charge in [-0.1, -0.05) is 0 Å². The molecule has 0 aliphatic carbocycles. The summed E-state index contributed by atoms with van der Waals surface area (Å²) in [5.74, 6) is 0. The molecule has 0 nitrogen and oxygen atoms in total. The molecule has 11 heavy (non-hydrogen) atoms. The van der Waals surface area contributed by atoms with Crippen LogP contribution in [0.25, 0.3) is 0 Å². The minimum atomic E-state index is 0.0573. The van der Waals surface area contributed by atoms with Crippen LogP contribution in [0.1, 0.15) is 41.5 Å². The molecule has 0 N–H and O–H groups in total. The first kappa shape index (κ1) is 11.6. The fraction of sp³-hybridized carbons (Fsp3) is 1.00. The third-order valence-electron chi connectivity index (χ3n) is 1.51. The molecule has 0 aliphatic heterocycles. The van der Waals surface area contributed by atoms with E-state index in [9.17, 15) is 0 Å². The van der Waals surface area contributed by atoms with E-state index >= 15 is 0 Å². The van der Waals surface area contributed by atoms with Gasteiger partial charge in [0.1, 0.15) is 0 Å². The quantitative estimate of drug-likeness (QED) is 0.613. The van der Waals surface area contributed by atoms with Gasteiger partial charge >= 0.3 is 79.7 Å². The van der Waals surface area contributed by atoms with Gasteiger partial charge in [0.2, 0.25) is 0 Å². The molecule has 0 spiro atoms. The zero-order chi connectivity index (χ0) is 9.12. The second-order valence-corrected chi connectivity index (χ2v) is 8.74. The van der Waals surface area contributed by atoms with Gasteiger partial charge in [0.25, 0.3) is 0 Å². The summed E-state index contributed by atoms with van der Waals surface area (Å²) in [7, 11) is 0. The van der Waals surface area contributed by atoms with E-state index < -0.39 is 0 Å². The first-order valence-corrected chi connectivity index (χ1v) is 7.95. The average Bonchev–Trinajstić information content (AvgIpc) is 1.55. The van der Waals surface area contributed by atoms with E-state index in [1.54, 1.807) is 0 Å². The standard InChI is InChI=1S/2C5H11.Ga/c2*1-5(2,3)4;/h2*1H2,2-4H3;. The van der Waals surface area contributed by atoms with Gasteiger partial charge in [0.05, 0.1) is 0 Å². The Balaban J connectivity index is 3.44. The van der Waals surface area contributed by atoms with Crippen LogP contribution in [0, 0.1) is 10.8 Å². The van der Waals surface area contributed by atoms with Crippen LogP contribution >= 0.6 is 0 Å². The second kappa shape index (κ2) is 4.04. The van der Waals surface area contributed by atoms with Crippen molar-refractivity contribution in [2.45, 2.75) is 51.5 Å². The molecule has 0 aromatic heterocycles. The molecule has 0 aliphatic rings. The Kier molecular flexibility index (Phi) is 4.27. The molecular formula is C10H22Ga. The van der Waals surface area contributed by atoms with E-state index in [0.29, 0.717) is 10.8 Å². The zero-order valence-corrected chi connectivity index (χ0v) is 11.4. The number of hydrogen-bond acceptors (Lipinski definition) is 0. The average molecular weight is 212 g/mol. The fourth-order valence-electron chi connectivity index (χ4n) is 0.938. The summed E-state index contributed by atoms with van der Waals surface area (Å²) in [6.45, 7) is 14.1. The Morgan fingerprint density at radius 1 is 0.727 bits per heavy atom. The van der Waals surface area contributed by atoms with Gasteiger partial charge in [-0.2, -0.15) is 0 Å². The van der Waals surface area contributed by atoms with Crippen LogP contribution < -0.4 is 0 Å². The molecule has 0 bridgehead atoms. The van der Waals surface area contributed by atoms with Crippen LogP contribution in [0.3, 0.4) is 0 Å². The van der Waals surface area contributed by atoms with E-state index in [4.69, 9.17) is 0 Å². The summed E-state index contributed by atoms with van der Waals surface area (Å²) >= 11 is 0.0573. The predicted octanol–water partition coefficient (Wildman–Crippen LogP) is 3.62. The van der Waals surface area contributed by atoms with E-state index in [-0.39, 0.29) is 17.4 Å². The summed E-state index contributed by atoms with van der Waals surface area (Å²) in [4.78, 5) is 3.02. The molecule has 0 atom stereocenters. The van der Waals surface area contributed by atoms with Crippen molar-refractivity contribution in [3.05, 3.63) is 0 Å². The van der Waals surface area contributed by atoms with Crippen LogP contribution in [0.15, 0.2) is 0 Å². The maximum atomic E-state index is 2.35. The summed E-state index contributed by atoms with van der Waals surface area (Å²) in [6, 6.07) is 0. The fourth-order valence-corrected chi connectivity index (χ4v) is 4.87. The van der Waals surface area contributed by atoms with E-state index in [1.807, 2.05) is 0 Å². The monoisotopic (exact) mass is 211 g/mol. The third kappa shape index (κ3) is 10.6. The molecule has 0 saturated heterocycles. The van der Waals surface area contributed by atoms with Crippen LogP contribution in [-0.4, -0.2) is 17.4 Å². The number of rotatable bonds is 2. The van der Waals surface area contributed by atoms with Gasteiger partial charge in [-0.3, -0.25) is 0 Å². The Bertz CT molecular complexity index is 89.0. The molecule has 0 unspecified atom stereocenters. The Morgan fingerprint density at radius 2 is 1.00 bits per heavy atom. The third-order valence-corrected chi connectivity index (χ3v) is 7.86. The molecule has 0 aromatic rings. The van der Waals surface area contributed by atoms with Crippen molar-refractivity contribution in [1.29, 1.82) is 0 Å². The Hall–Kier alpha value is 0.636. The van der Waals surface area contributed by atoms with Gasteiger partial charge < -0.3 is 0 Å². The van der Waals surface area contributed by atoms with Crippen molar-refractivity contribution < 1.29 is 0 Å². The molecule has 1 heteroatoms. The molecule has 0 saturated carbocycles. The molecule has 1 radical (unpaired) electrons. The van der Waals surface area contributed by atoms with E-state index in [2.05, 4.69) is 41.5 Å². The summed E-state index contributed by atoms with van der Waals surface area (Å²) in [6.07, 6.45) is 0. The van der Waals surface area contributed by atoms with Crippen LogP contribution in [0.2, 0.25) is 9.95 Å². The van der Waals surface area contributed by atoms with Crippen LogP contribution in [0.5, 0.6) is 0 Å². The van der Waals surface area contributed by atoms with Crippen molar-refractivity contribution in [3.8, 4) is 0 Å². The zero-order valence-electron chi connectivity index (χ0n) is 8.99. The molecule has 0 fully saturated rings. The number of hydrogen-bond donors (Lipinski definition) is 0. The Morgan fingerprint density at radius 3 is 1.18 bits per heavy atom. The molecule has 0 rings (SSSR count). The van der Waals surface area contributed by atoms with Crippen molar-refractivity contribution in [2.75, 3.05) is 0 Å². The van der Waals surface area contributed by atoms with Gasteiger partial charge in [-0.25, -0.2) is 0 Å². The predicted molar refractivity (Wildman–Crippen MR) is 54.3 cm³/mol. The normalized spacial score (nSPS) is 13.3. The van der Waals surface area contributed by atoms with E-state index in [0.717, 1.165) is 0 Å². The first-order valence-electron chi connectivity index (χ1n) is 4.52. The topological polar surface area (TPSA) is 0 Å². The summed E-state index contributed by atoms with van der Waals surface area (Å²) in [5.41, 5.74) is 1.18. The molecular weight excluding hydrogens is 190 g/mol. The van der Waals surface area contributed by atoms with Crippen molar-refractivity contribution >= 4 is 17.4 Å². The SMILES string of the molecule is CC(C)(C)[CH2][Ga][CH2]C(C)(C)C. The summed E-state index contributed by atoms with van der Waals surface area (Å²) < 4.78 is 0. The van der Waals surface area contributed by atoms with Crippen molar-refractivity contribution in [2.24, 2.45) is 10.8 Å². The van der Waals surface area contributed by atoms with Crippen LogP contribution in [-0.2, 0) is 0 Å². The van der Waals surface area contributed by atoms with Gasteiger partial charge in [-0.05, 0) is 0 Å². The second-order valence-electron chi connectivity index (χ2n) is 5.82. The first-order chi connectivity index (χ1) is 4.71. The Labute approximate surface area is 79.9 Å². The minimum absolute atomic E-state index is 0.0573. The maximum absolute atomic E-state index is 2.35. The van der Waals surface area contributed by atoms with Crippen molar-refractivity contribution in [3.63, 3.8) is 0 Å². The molecule has 65 valence electrons.